The third-order valence-electron chi connectivity index (χ3n) is 6.70. The molecule has 0 radical (unpaired) electrons. The number of carbonyl (C=O) groups is 2. The minimum absolute atomic E-state index is 0.316. The largest absolute Gasteiger partial charge is 0.486 e. The Bertz CT molecular complexity index is 1430. The Kier molecular flexibility index (Phi) is 5.85. The van der Waals surface area contributed by atoms with Crippen LogP contribution in [0.5, 0.6) is 11.5 Å². The van der Waals surface area contributed by atoms with Crippen molar-refractivity contribution in [2.75, 3.05) is 18.1 Å². The van der Waals surface area contributed by atoms with Gasteiger partial charge in [-0.15, -0.1) is 0 Å². The number of aliphatic carboxylic acids is 1. The molecule has 2 unspecified atom stereocenters. The van der Waals surface area contributed by atoms with Gasteiger partial charge in [0, 0.05) is 16.3 Å². The standard InChI is InChI=1S/C28H23ClN2O5/c1-28(2,15-30)20-9-8-17(14-21(20)29)31-25(16-7-10-22-23(13-16)36-12-11-35-22)24(27(33)34)18-5-3-4-6-19(18)26(31)32/h3-10,13-14,24-25H,11-12H2,1-2H3,(H,33,34). The summed E-state index contributed by atoms with van der Waals surface area (Å²) in [6.45, 7) is 4.32. The maximum Gasteiger partial charge on any atom is 0.313 e. The van der Waals surface area contributed by atoms with Gasteiger partial charge in [-0.1, -0.05) is 41.9 Å². The fourth-order valence-electron chi connectivity index (χ4n) is 4.89. The molecule has 7 nitrogen and oxygen atoms in total. The van der Waals surface area contributed by atoms with E-state index in [2.05, 4.69) is 6.07 Å². The number of amides is 1. The summed E-state index contributed by atoms with van der Waals surface area (Å²) in [6.07, 6.45) is 0. The van der Waals surface area contributed by atoms with E-state index in [1.165, 1.54) is 4.90 Å². The van der Waals surface area contributed by atoms with Crippen LogP contribution in [0.15, 0.2) is 60.7 Å². The van der Waals surface area contributed by atoms with E-state index in [9.17, 15) is 20.0 Å². The Morgan fingerprint density at radius 1 is 1.08 bits per heavy atom. The zero-order valence-electron chi connectivity index (χ0n) is 19.7. The number of nitriles is 1. The van der Waals surface area contributed by atoms with Crippen molar-refractivity contribution in [1.29, 1.82) is 5.26 Å². The Morgan fingerprint density at radius 3 is 2.50 bits per heavy atom. The molecule has 0 saturated carbocycles. The molecule has 0 aromatic heterocycles. The van der Waals surface area contributed by atoms with Gasteiger partial charge in [-0.3, -0.25) is 14.5 Å². The van der Waals surface area contributed by atoms with E-state index in [0.29, 0.717) is 57.7 Å². The Balaban J connectivity index is 1.72. The molecule has 0 aliphatic carbocycles. The maximum absolute atomic E-state index is 13.9. The third-order valence-corrected chi connectivity index (χ3v) is 7.01. The lowest BCUT2D eigenvalue weighted by Crippen LogP contribution is -2.45. The van der Waals surface area contributed by atoms with Crippen LogP contribution in [0.2, 0.25) is 5.02 Å². The number of carbonyl (C=O) groups excluding carboxylic acids is 1. The second-order valence-corrected chi connectivity index (χ2v) is 9.73. The predicted molar refractivity (Wildman–Crippen MR) is 134 cm³/mol. The molecule has 2 atom stereocenters. The summed E-state index contributed by atoms with van der Waals surface area (Å²) in [4.78, 5) is 28.1. The van der Waals surface area contributed by atoms with E-state index in [0.717, 1.165) is 0 Å². The quantitative estimate of drug-likeness (QED) is 0.507. The van der Waals surface area contributed by atoms with Crippen molar-refractivity contribution in [2.45, 2.75) is 31.2 Å². The second kappa shape index (κ2) is 8.89. The van der Waals surface area contributed by atoms with Crippen LogP contribution in [-0.4, -0.2) is 30.2 Å². The summed E-state index contributed by atoms with van der Waals surface area (Å²) in [5.74, 6) is -1.38. The molecule has 0 bridgehead atoms. The van der Waals surface area contributed by atoms with Crippen molar-refractivity contribution in [1.82, 2.24) is 0 Å². The van der Waals surface area contributed by atoms with Gasteiger partial charge < -0.3 is 14.6 Å². The lowest BCUT2D eigenvalue weighted by atomic mass is 9.79. The van der Waals surface area contributed by atoms with Crippen LogP contribution in [-0.2, 0) is 10.2 Å². The first-order valence-electron chi connectivity index (χ1n) is 11.5. The minimum atomic E-state index is -1.06. The molecule has 182 valence electrons. The molecule has 3 aromatic rings. The lowest BCUT2D eigenvalue weighted by Gasteiger charge is -2.41. The van der Waals surface area contributed by atoms with Gasteiger partial charge in [-0.2, -0.15) is 5.26 Å². The number of nitrogens with zero attached hydrogens (tertiary/aromatic N) is 2. The first kappa shape index (κ1) is 23.7. The van der Waals surface area contributed by atoms with E-state index in [1.54, 1.807) is 74.5 Å². The van der Waals surface area contributed by atoms with Crippen LogP contribution in [0, 0.1) is 11.3 Å². The summed E-state index contributed by atoms with van der Waals surface area (Å²) in [6, 6.07) is 18.4. The highest BCUT2D eigenvalue weighted by atomic mass is 35.5. The molecule has 1 N–H and O–H groups in total. The summed E-state index contributed by atoms with van der Waals surface area (Å²) in [7, 11) is 0. The highest BCUT2D eigenvalue weighted by molar-refractivity contribution is 6.32. The van der Waals surface area contributed by atoms with E-state index >= 15 is 0 Å². The monoisotopic (exact) mass is 502 g/mol. The van der Waals surface area contributed by atoms with Crippen LogP contribution in [0.3, 0.4) is 0 Å². The molecule has 36 heavy (non-hydrogen) atoms. The summed E-state index contributed by atoms with van der Waals surface area (Å²) in [5.41, 5.74) is 1.56. The molecular weight excluding hydrogens is 480 g/mol. The number of fused-ring (bicyclic) bond motifs is 2. The molecule has 0 saturated heterocycles. The van der Waals surface area contributed by atoms with Gasteiger partial charge in [0.1, 0.15) is 19.1 Å². The van der Waals surface area contributed by atoms with E-state index < -0.39 is 23.3 Å². The SMILES string of the molecule is CC(C)(C#N)c1ccc(N2C(=O)c3ccccc3C(C(=O)O)C2c2ccc3c(c2)OCCO3)cc1Cl. The zero-order chi connectivity index (χ0) is 25.6. The van der Waals surface area contributed by atoms with Gasteiger partial charge >= 0.3 is 5.97 Å². The molecule has 8 heteroatoms. The number of ether oxygens (including phenoxy) is 2. The molecule has 0 spiro atoms. The number of halogens is 1. The van der Waals surface area contributed by atoms with Gasteiger partial charge in [0.15, 0.2) is 11.5 Å². The van der Waals surface area contributed by atoms with Gasteiger partial charge in [-0.05, 0) is 60.9 Å². The van der Waals surface area contributed by atoms with Gasteiger partial charge in [0.05, 0.1) is 17.5 Å². The first-order valence-corrected chi connectivity index (χ1v) is 11.9. The predicted octanol–water partition coefficient (Wildman–Crippen LogP) is 5.48. The average molecular weight is 503 g/mol. The zero-order valence-corrected chi connectivity index (χ0v) is 20.5. The molecule has 2 aliphatic rings. The highest BCUT2D eigenvalue weighted by Gasteiger charge is 2.45. The van der Waals surface area contributed by atoms with Gasteiger partial charge in [-0.25, -0.2) is 0 Å². The van der Waals surface area contributed by atoms with Crippen molar-refractivity contribution in [3.8, 4) is 17.6 Å². The van der Waals surface area contributed by atoms with Gasteiger partial charge in [0.25, 0.3) is 5.91 Å². The van der Waals surface area contributed by atoms with Crippen LogP contribution in [0.4, 0.5) is 5.69 Å². The number of anilines is 1. The molecule has 3 aromatic carbocycles. The Labute approximate surface area is 213 Å². The van der Waals surface area contributed by atoms with E-state index in [4.69, 9.17) is 21.1 Å². The third kappa shape index (κ3) is 3.84. The van der Waals surface area contributed by atoms with E-state index in [1.807, 2.05) is 0 Å². The number of hydrogen-bond donors (Lipinski definition) is 1. The molecule has 5 rings (SSSR count). The summed E-state index contributed by atoms with van der Waals surface area (Å²) >= 11 is 6.61. The Hall–Kier alpha value is -4.02. The second-order valence-electron chi connectivity index (χ2n) is 9.33. The van der Waals surface area contributed by atoms with E-state index in [-0.39, 0.29) is 5.91 Å². The van der Waals surface area contributed by atoms with Crippen LogP contribution >= 0.6 is 11.6 Å². The van der Waals surface area contributed by atoms with Crippen molar-refractivity contribution in [3.05, 3.63) is 87.9 Å². The fraction of sp³-hybridized carbons (Fsp3) is 0.250. The molecule has 2 heterocycles. The van der Waals surface area contributed by atoms with Crippen LogP contribution < -0.4 is 14.4 Å². The Morgan fingerprint density at radius 2 is 1.81 bits per heavy atom. The van der Waals surface area contributed by atoms with Crippen molar-refractivity contribution >= 4 is 29.2 Å². The lowest BCUT2D eigenvalue weighted by molar-refractivity contribution is -0.139. The molecule has 0 fully saturated rings. The summed E-state index contributed by atoms with van der Waals surface area (Å²) in [5, 5.41) is 20.3. The van der Waals surface area contributed by atoms with Crippen LogP contribution in [0.1, 0.15) is 52.9 Å². The first-order chi connectivity index (χ1) is 17.2. The van der Waals surface area contributed by atoms with Crippen LogP contribution in [0.25, 0.3) is 0 Å². The maximum atomic E-state index is 13.9. The highest BCUT2D eigenvalue weighted by Crippen LogP contribution is 2.47. The minimum Gasteiger partial charge on any atom is -0.486 e. The molecule has 2 aliphatic heterocycles. The topological polar surface area (TPSA) is 99.9 Å². The number of carboxylic acid groups (broad SMARTS) is 1. The number of rotatable bonds is 4. The fourth-order valence-corrected chi connectivity index (χ4v) is 5.30. The normalized spacial score (nSPS) is 18.8. The number of hydrogen-bond acceptors (Lipinski definition) is 5. The van der Waals surface area contributed by atoms with Crippen molar-refractivity contribution in [3.63, 3.8) is 0 Å². The van der Waals surface area contributed by atoms with Crippen molar-refractivity contribution < 1.29 is 24.2 Å². The number of benzene rings is 3. The summed E-state index contributed by atoms with van der Waals surface area (Å²) < 4.78 is 11.4. The van der Waals surface area contributed by atoms with Crippen molar-refractivity contribution in [2.24, 2.45) is 0 Å². The molecule has 1 amide bonds. The average Bonchev–Trinajstić information content (AvgIpc) is 2.87. The smallest absolute Gasteiger partial charge is 0.313 e. The molecular formula is C28H23ClN2O5. The van der Waals surface area contributed by atoms with Gasteiger partial charge in [0.2, 0.25) is 0 Å². The number of carboxylic acids is 1.